The minimum Gasteiger partial charge on any atom is -0.309 e. The van der Waals surface area contributed by atoms with Crippen molar-refractivity contribution >= 4 is 45.5 Å². The number of fused-ring (bicyclic) bond motifs is 1. The summed E-state index contributed by atoms with van der Waals surface area (Å²) in [6.45, 7) is 0.523. The molecule has 3 aromatic heterocycles. The van der Waals surface area contributed by atoms with Gasteiger partial charge in [0.1, 0.15) is 5.82 Å². The molecule has 9 heteroatoms. The number of thioether (sulfide) groups is 1. The van der Waals surface area contributed by atoms with E-state index in [1.54, 1.807) is 22.7 Å². The topological polar surface area (TPSA) is 63.9 Å². The summed E-state index contributed by atoms with van der Waals surface area (Å²) in [5.74, 6) is 1.24. The van der Waals surface area contributed by atoms with Gasteiger partial charge in [-0.15, -0.1) is 32.9 Å². The van der Waals surface area contributed by atoms with Crippen LogP contribution in [0.15, 0.2) is 53.0 Å². The lowest BCUT2D eigenvalue weighted by atomic mass is 10.0. The molecule has 0 radical (unpaired) electrons. The molecule has 5 rings (SSSR count). The number of hydrogen-bond acceptors (Lipinski definition) is 7. The number of thiazole rings is 1. The molecule has 0 aliphatic heterocycles. The fourth-order valence-electron chi connectivity index (χ4n) is 3.88. The zero-order valence-corrected chi connectivity index (χ0v) is 20.9. The van der Waals surface area contributed by atoms with Crippen LogP contribution in [0.5, 0.6) is 0 Å². The van der Waals surface area contributed by atoms with Gasteiger partial charge < -0.3 is 4.57 Å². The van der Waals surface area contributed by atoms with Crippen LogP contribution in [0.3, 0.4) is 0 Å². The third kappa shape index (κ3) is 5.20. The summed E-state index contributed by atoms with van der Waals surface area (Å²) in [5, 5.41) is 12.3. The molecule has 1 aliphatic carbocycles. The van der Waals surface area contributed by atoms with Gasteiger partial charge in [-0.2, -0.15) is 0 Å². The molecule has 0 spiro atoms. The molecule has 1 aromatic carbocycles. The second-order valence-electron chi connectivity index (χ2n) is 8.04. The van der Waals surface area contributed by atoms with Crippen LogP contribution < -0.4 is 4.90 Å². The number of rotatable bonds is 8. The minimum atomic E-state index is 0.0396. The quantitative estimate of drug-likeness (QED) is 0.317. The molecular weight excluding hydrogens is 470 g/mol. The maximum Gasteiger partial charge on any atom is 0.239 e. The zero-order valence-electron chi connectivity index (χ0n) is 18.4. The Morgan fingerprint density at radius 1 is 1.12 bits per heavy atom. The van der Waals surface area contributed by atoms with Gasteiger partial charge in [0.2, 0.25) is 5.91 Å². The summed E-state index contributed by atoms with van der Waals surface area (Å²) >= 11 is 4.82. The van der Waals surface area contributed by atoms with E-state index in [1.165, 1.54) is 40.1 Å². The van der Waals surface area contributed by atoms with Gasteiger partial charge in [0.25, 0.3) is 0 Å². The Balaban J connectivity index is 1.32. The molecule has 33 heavy (non-hydrogen) atoms. The number of benzene rings is 1. The molecule has 0 atom stereocenters. The number of thiophene rings is 1. The van der Waals surface area contributed by atoms with Crippen molar-refractivity contribution < 1.29 is 4.79 Å². The lowest BCUT2D eigenvalue weighted by Crippen LogP contribution is -2.32. The van der Waals surface area contributed by atoms with E-state index in [4.69, 9.17) is 4.98 Å². The summed E-state index contributed by atoms with van der Waals surface area (Å²) in [6, 6.07) is 14.3. The Labute approximate surface area is 205 Å². The van der Waals surface area contributed by atoms with Crippen molar-refractivity contribution in [1.29, 1.82) is 0 Å². The molecule has 6 nitrogen and oxygen atoms in total. The maximum absolute atomic E-state index is 13.4. The highest BCUT2D eigenvalue weighted by Gasteiger charge is 2.24. The van der Waals surface area contributed by atoms with Crippen molar-refractivity contribution in [1.82, 2.24) is 19.7 Å². The molecule has 0 saturated carbocycles. The van der Waals surface area contributed by atoms with Crippen molar-refractivity contribution in [2.75, 3.05) is 10.7 Å². The highest BCUT2D eigenvalue weighted by molar-refractivity contribution is 7.99. The van der Waals surface area contributed by atoms with Gasteiger partial charge >= 0.3 is 0 Å². The molecule has 1 amide bonds. The lowest BCUT2D eigenvalue weighted by molar-refractivity contribution is -0.116. The van der Waals surface area contributed by atoms with Crippen molar-refractivity contribution in [3.8, 4) is 0 Å². The number of aromatic nitrogens is 4. The Bertz CT molecular complexity index is 1190. The van der Waals surface area contributed by atoms with Gasteiger partial charge in [-0.05, 0) is 42.7 Å². The fourth-order valence-corrected chi connectivity index (χ4v) is 6.55. The van der Waals surface area contributed by atoms with Crippen molar-refractivity contribution in [2.24, 2.45) is 7.05 Å². The number of amides is 1. The molecule has 170 valence electrons. The standard InChI is InChI=1S/C24H25N5OS3/c1-28-21(14-18-10-7-13-31-18)26-27-24(28)32-16-22(30)29(15-17-8-3-2-4-9-17)23-25-19-11-5-6-12-20(19)33-23/h2-4,7-10,13H,5-6,11-12,14-16H2,1H3. The molecular formula is C24H25N5OS3. The Morgan fingerprint density at radius 2 is 1.97 bits per heavy atom. The van der Waals surface area contributed by atoms with Crippen LogP contribution in [0, 0.1) is 0 Å². The van der Waals surface area contributed by atoms with E-state index in [1.807, 2.05) is 40.8 Å². The predicted molar refractivity (Wildman–Crippen MR) is 135 cm³/mol. The lowest BCUT2D eigenvalue weighted by Gasteiger charge is -2.20. The first kappa shape index (κ1) is 22.3. The first-order valence-corrected chi connectivity index (χ1v) is 13.7. The SMILES string of the molecule is Cn1c(Cc2cccs2)nnc1SCC(=O)N(Cc1ccccc1)c1nc2c(s1)CCCC2. The van der Waals surface area contributed by atoms with Crippen LogP contribution >= 0.6 is 34.4 Å². The summed E-state index contributed by atoms with van der Waals surface area (Å²) in [5.41, 5.74) is 2.27. The average molecular weight is 496 g/mol. The van der Waals surface area contributed by atoms with Gasteiger partial charge in [0, 0.05) is 23.2 Å². The predicted octanol–water partition coefficient (Wildman–Crippen LogP) is 5.13. The van der Waals surface area contributed by atoms with Crippen molar-refractivity contribution in [3.05, 3.63) is 74.7 Å². The highest BCUT2D eigenvalue weighted by Crippen LogP contribution is 2.33. The minimum absolute atomic E-state index is 0.0396. The number of nitrogens with zero attached hydrogens (tertiary/aromatic N) is 5. The Kier molecular flexibility index (Phi) is 6.89. The van der Waals surface area contributed by atoms with E-state index in [9.17, 15) is 4.79 Å². The number of anilines is 1. The van der Waals surface area contributed by atoms with E-state index in [0.717, 1.165) is 40.9 Å². The largest absolute Gasteiger partial charge is 0.309 e. The zero-order chi connectivity index (χ0) is 22.6. The smallest absolute Gasteiger partial charge is 0.239 e. The average Bonchev–Trinajstić information content (AvgIpc) is 3.58. The van der Waals surface area contributed by atoms with Crippen LogP contribution in [0.2, 0.25) is 0 Å². The highest BCUT2D eigenvalue weighted by atomic mass is 32.2. The fraction of sp³-hybridized carbons (Fsp3) is 0.333. The maximum atomic E-state index is 13.4. The van der Waals surface area contributed by atoms with Crippen LogP contribution in [-0.4, -0.2) is 31.4 Å². The number of carbonyl (C=O) groups is 1. The molecule has 0 N–H and O–H groups in total. The molecule has 0 bridgehead atoms. The molecule has 0 saturated heterocycles. The number of hydrogen-bond donors (Lipinski definition) is 0. The van der Waals surface area contributed by atoms with Gasteiger partial charge in [-0.3, -0.25) is 9.69 Å². The normalized spacial score (nSPS) is 13.1. The summed E-state index contributed by atoms with van der Waals surface area (Å²) in [6.07, 6.45) is 5.22. The molecule has 3 heterocycles. The monoisotopic (exact) mass is 495 g/mol. The van der Waals surface area contributed by atoms with Crippen molar-refractivity contribution in [2.45, 2.75) is 43.8 Å². The number of carbonyl (C=O) groups excluding carboxylic acids is 1. The Morgan fingerprint density at radius 3 is 2.76 bits per heavy atom. The van der Waals surface area contributed by atoms with E-state index >= 15 is 0 Å². The third-order valence-electron chi connectivity index (χ3n) is 5.71. The van der Waals surface area contributed by atoms with Crippen LogP contribution in [0.25, 0.3) is 0 Å². The van der Waals surface area contributed by atoms with Gasteiger partial charge in [-0.1, -0.05) is 48.2 Å². The second kappa shape index (κ2) is 10.2. The summed E-state index contributed by atoms with van der Waals surface area (Å²) in [7, 11) is 1.96. The van der Waals surface area contributed by atoms with Crippen LogP contribution in [0.4, 0.5) is 5.13 Å². The molecule has 0 fully saturated rings. The number of aryl methyl sites for hydroxylation is 2. The molecule has 1 aliphatic rings. The first-order valence-electron chi connectivity index (χ1n) is 11.0. The van der Waals surface area contributed by atoms with E-state index in [-0.39, 0.29) is 5.91 Å². The van der Waals surface area contributed by atoms with Crippen molar-refractivity contribution in [3.63, 3.8) is 0 Å². The van der Waals surface area contributed by atoms with Crippen LogP contribution in [-0.2, 0) is 37.6 Å². The molecule has 4 aromatic rings. The first-order chi connectivity index (χ1) is 16.2. The Hall–Kier alpha value is -2.49. The van der Waals surface area contributed by atoms with E-state index < -0.39 is 0 Å². The van der Waals surface area contributed by atoms with E-state index in [0.29, 0.717) is 12.3 Å². The van der Waals surface area contributed by atoms with Gasteiger partial charge in [0.15, 0.2) is 10.3 Å². The summed E-state index contributed by atoms with van der Waals surface area (Å²) < 4.78 is 1.99. The summed E-state index contributed by atoms with van der Waals surface area (Å²) in [4.78, 5) is 22.7. The van der Waals surface area contributed by atoms with E-state index in [2.05, 4.69) is 33.8 Å². The third-order valence-corrected chi connectivity index (χ3v) is 8.77. The van der Waals surface area contributed by atoms with Gasteiger partial charge in [0.05, 0.1) is 18.0 Å². The van der Waals surface area contributed by atoms with Gasteiger partial charge in [-0.25, -0.2) is 4.98 Å². The second-order valence-corrected chi connectivity index (χ2v) is 11.1. The molecule has 0 unspecified atom stereocenters. The van der Waals surface area contributed by atoms with Crippen LogP contribution in [0.1, 0.15) is 39.7 Å².